The van der Waals surface area contributed by atoms with Gasteiger partial charge >= 0.3 is 12.2 Å². The highest BCUT2D eigenvalue weighted by molar-refractivity contribution is 7.98. The molecule has 4 amide bonds. The number of carbonyl (C=O) groups excluding carboxylic acids is 3. The Hall–Kier alpha value is -3.26. The fourth-order valence-electron chi connectivity index (χ4n) is 5.40. The predicted octanol–water partition coefficient (Wildman–Crippen LogP) is 4.93. The maximum absolute atomic E-state index is 13.4. The Morgan fingerprint density at radius 2 is 1.65 bits per heavy atom. The number of anilines is 1. The number of amides is 4. The summed E-state index contributed by atoms with van der Waals surface area (Å²) in [6.07, 6.45) is 1.56. The van der Waals surface area contributed by atoms with Crippen LogP contribution in [0.15, 0.2) is 52.3 Å². The molecule has 2 atom stereocenters. The summed E-state index contributed by atoms with van der Waals surface area (Å²) in [6.45, 7) is 0.463. The van der Waals surface area contributed by atoms with Crippen LogP contribution in [0.25, 0.3) is 0 Å². The third-order valence-electron chi connectivity index (χ3n) is 7.74. The fourth-order valence-corrected chi connectivity index (χ4v) is 7.52. The maximum atomic E-state index is 13.4. The fraction of sp³-hybridized carbons (Fsp3) is 0.483. The lowest BCUT2D eigenvalue weighted by molar-refractivity contribution is -0.137. The lowest BCUT2D eigenvalue weighted by Crippen LogP contribution is -2.47. The highest BCUT2D eigenvalue weighted by atomic mass is 32.2. The van der Waals surface area contributed by atoms with Crippen molar-refractivity contribution in [2.45, 2.75) is 60.5 Å². The molecule has 1 saturated carbocycles. The van der Waals surface area contributed by atoms with E-state index in [1.165, 1.54) is 16.7 Å². The zero-order valence-corrected chi connectivity index (χ0v) is 25.3. The normalized spacial score (nSPS) is 19.1. The zero-order chi connectivity index (χ0) is 31.2. The van der Waals surface area contributed by atoms with Gasteiger partial charge in [-0.1, -0.05) is 12.8 Å². The van der Waals surface area contributed by atoms with E-state index in [9.17, 15) is 36.0 Å². The van der Waals surface area contributed by atoms with Gasteiger partial charge in [-0.15, -0.1) is 11.8 Å². The Labute approximate surface area is 253 Å². The van der Waals surface area contributed by atoms with E-state index in [1.807, 2.05) is 6.26 Å². The SMILES string of the molecule is CSc1ccc(S(=O)(=O)C[C@H]2CCCC[C@@H]2NC(=O)CNC(=O)c2cc(C(F)(F)F)ccc2NC(=O)N2CCCC2)cc1. The summed E-state index contributed by atoms with van der Waals surface area (Å²) >= 11 is 1.50. The number of urea groups is 1. The number of halogens is 3. The smallest absolute Gasteiger partial charge is 0.352 e. The molecular weight excluding hydrogens is 605 g/mol. The number of nitrogens with zero attached hydrogens (tertiary/aromatic N) is 1. The van der Waals surface area contributed by atoms with Crippen molar-refractivity contribution < 1.29 is 36.0 Å². The molecule has 2 aromatic rings. The van der Waals surface area contributed by atoms with Crippen LogP contribution in [0.1, 0.15) is 54.4 Å². The molecule has 1 heterocycles. The Balaban J connectivity index is 1.40. The molecule has 3 N–H and O–H groups in total. The van der Waals surface area contributed by atoms with Crippen LogP contribution in [0.5, 0.6) is 0 Å². The number of likely N-dealkylation sites (tertiary alicyclic amines) is 1. The highest BCUT2D eigenvalue weighted by Crippen LogP contribution is 2.32. The van der Waals surface area contributed by atoms with Crippen molar-refractivity contribution in [3.05, 3.63) is 53.6 Å². The Morgan fingerprint density at radius 3 is 2.30 bits per heavy atom. The molecule has 2 fully saturated rings. The number of nitrogens with one attached hydrogen (secondary N) is 3. The third-order valence-corrected chi connectivity index (χ3v) is 10.3. The number of hydrogen-bond acceptors (Lipinski definition) is 6. The summed E-state index contributed by atoms with van der Waals surface area (Å²) in [4.78, 5) is 41.0. The highest BCUT2D eigenvalue weighted by Gasteiger charge is 2.33. The largest absolute Gasteiger partial charge is 0.416 e. The predicted molar refractivity (Wildman–Crippen MR) is 158 cm³/mol. The van der Waals surface area contributed by atoms with E-state index in [0.717, 1.165) is 42.7 Å². The molecule has 2 aromatic carbocycles. The molecule has 0 spiro atoms. The van der Waals surface area contributed by atoms with Crippen LogP contribution in [0, 0.1) is 5.92 Å². The van der Waals surface area contributed by atoms with Crippen molar-refractivity contribution >= 4 is 45.1 Å². The van der Waals surface area contributed by atoms with Crippen molar-refractivity contribution in [2.24, 2.45) is 5.92 Å². The van der Waals surface area contributed by atoms with E-state index in [0.29, 0.717) is 32.0 Å². The van der Waals surface area contributed by atoms with Gasteiger partial charge in [-0.05, 0) is 80.3 Å². The molecule has 4 rings (SSSR count). The standard InChI is InChI=1S/C29H35F3N4O5S2/c1-42-21-9-11-22(12-10-21)43(40,41)18-19-6-2-3-7-24(19)34-26(37)17-33-27(38)23-16-20(29(30,31)32)8-13-25(23)35-28(39)36-14-4-5-15-36/h8-13,16,19,24H,2-7,14-15,17-18H2,1H3,(H,33,38)(H,34,37)(H,35,39)/t19-,24+/m1/s1. The van der Waals surface area contributed by atoms with Crippen LogP contribution in [0.4, 0.5) is 23.7 Å². The van der Waals surface area contributed by atoms with E-state index < -0.39 is 57.6 Å². The van der Waals surface area contributed by atoms with Gasteiger partial charge in [-0.25, -0.2) is 13.2 Å². The zero-order valence-electron chi connectivity index (χ0n) is 23.7. The second kappa shape index (κ2) is 14.0. The second-order valence-electron chi connectivity index (χ2n) is 10.7. The molecule has 0 bridgehead atoms. The Bertz CT molecular complexity index is 1430. The van der Waals surface area contributed by atoms with Crippen molar-refractivity contribution in [1.29, 1.82) is 0 Å². The van der Waals surface area contributed by atoms with Gasteiger partial charge in [-0.2, -0.15) is 13.2 Å². The minimum Gasteiger partial charge on any atom is -0.352 e. The Morgan fingerprint density at radius 1 is 0.977 bits per heavy atom. The molecule has 1 aliphatic carbocycles. The first kappa shape index (κ1) is 32.6. The Kier molecular flexibility index (Phi) is 10.6. The topological polar surface area (TPSA) is 125 Å². The van der Waals surface area contributed by atoms with Crippen LogP contribution in [0.3, 0.4) is 0 Å². The summed E-state index contributed by atoms with van der Waals surface area (Å²) in [7, 11) is -3.61. The van der Waals surface area contributed by atoms with Gasteiger partial charge in [0.15, 0.2) is 9.84 Å². The summed E-state index contributed by atoms with van der Waals surface area (Å²) in [5.41, 5.74) is -1.61. The van der Waals surface area contributed by atoms with E-state index in [2.05, 4.69) is 16.0 Å². The van der Waals surface area contributed by atoms with Gasteiger partial charge in [-0.3, -0.25) is 9.59 Å². The molecule has 0 aromatic heterocycles. The van der Waals surface area contributed by atoms with Crippen LogP contribution in [-0.4, -0.2) is 68.8 Å². The number of alkyl halides is 3. The van der Waals surface area contributed by atoms with Gasteiger partial charge in [0.1, 0.15) is 0 Å². The van der Waals surface area contributed by atoms with Crippen molar-refractivity contribution in [3.63, 3.8) is 0 Å². The summed E-state index contributed by atoms with van der Waals surface area (Å²) in [5.74, 6) is -2.04. The monoisotopic (exact) mass is 640 g/mol. The minimum atomic E-state index is -4.72. The number of sulfone groups is 1. The first-order valence-electron chi connectivity index (χ1n) is 14.1. The molecular formula is C29H35F3N4O5S2. The number of thioether (sulfide) groups is 1. The third kappa shape index (κ3) is 8.65. The summed E-state index contributed by atoms with van der Waals surface area (Å²) in [6, 6.07) is 8.10. The van der Waals surface area contributed by atoms with Crippen LogP contribution >= 0.6 is 11.8 Å². The first-order valence-corrected chi connectivity index (χ1v) is 17.0. The number of rotatable bonds is 9. The van der Waals surface area contributed by atoms with Crippen LogP contribution in [-0.2, 0) is 20.8 Å². The van der Waals surface area contributed by atoms with E-state index in [1.54, 1.807) is 24.3 Å². The van der Waals surface area contributed by atoms with E-state index in [4.69, 9.17) is 0 Å². The molecule has 9 nitrogen and oxygen atoms in total. The minimum absolute atomic E-state index is 0.106. The first-order chi connectivity index (χ1) is 20.4. The van der Waals surface area contributed by atoms with Gasteiger partial charge in [0, 0.05) is 24.0 Å². The van der Waals surface area contributed by atoms with Gasteiger partial charge < -0.3 is 20.9 Å². The molecule has 234 valence electrons. The van der Waals surface area contributed by atoms with Crippen molar-refractivity contribution in [1.82, 2.24) is 15.5 Å². The quantitative estimate of drug-likeness (QED) is 0.334. The maximum Gasteiger partial charge on any atom is 0.416 e. The molecule has 1 saturated heterocycles. The van der Waals surface area contributed by atoms with Gasteiger partial charge in [0.25, 0.3) is 5.91 Å². The van der Waals surface area contributed by atoms with Gasteiger partial charge in [0.2, 0.25) is 5.91 Å². The van der Waals surface area contributed by atoms with E-state index in [-0.39, 0.29) is 22.3 Å². The van der Waals surface area contributed by atoms with Crippen LogP contribution in [0.2, 0.25) is 0 Å². The molecule has 43 heavy (non-hydrogen) atoms. The lowest BCUT2D eigenvalue weighted by Gasteiger charge is -2.32. The van der Waals surface area contributed by atoms with Gasteiger partial charge in [0.05, 0.1) is 34.0 Å². The average Bonchev–Trinajstić information content (AvgIpc) is 3.52. The molecule has 2 aliphatic rings. The molecule has 1 aliphatic heterocycles. The van der Waals surface area contributed by atoms with Crippen molar-refractivity contribution in [2.75, 3.05) is 37.0 Å². The number of hydrogen-bond donors (Lipinski definition) is 3. The van der Waals surface area contributed by atoms with Crippen LogP contribution < -0.4 is 16.0 Å². The number of benzene rings is 2. The summed E-state index contributed by atoms with van der Waals surface area (Å²) in [5, 5.41) is 7.67. The molecule has 14 heteroatoms. The summed E-state index contributed by atoms with van der Waals surface area (Å²) < 4.78 is 66.4. The van der Waals surface area contributed by atoms with E-state index >= 15 is 0 Å². The number of carbonyl (C=O) groups is 3. The average molecular weight is 641 g/mol. The van der Waals surface area contributed by atoms with Crippen molar-refractivity contribution in [3.8, 4) is 0 Å². The lowest BCUT2D eigenvalue weighted by atomic mass is 9.86. The molecule has 0 radical (unpaired) electrons. The second-order valence-corrected chi connectivity index (χ2v) is 13.7. The molecule has 0 unspecified atom stereocenters.